The van der Waals surface area contributed by atoms with Crippen molar-refractivity contribution in [3.8, 4) is 0 Å². The zero-order valence-electron chi connectivity index (χ0n) is 28.8. The predicted octanol–water partition coefficient (Wildman–Crippen LogP) is 5.77. The van der Waals surface area contributed by atoms with Crippen LogP contribution in [0.3, 0.4) is 0 Å². The molecule has 268 valence electrons. The van der Waals surface area contributed by atoms with Gasteiger partial charge in [0.2, 0.25) is 5.91 Å². The van der Waals surface area contributed by atoms with Gasteiger partial charge >= 0.3 is 0 Å². The van der Waals surface area contributed by atoms with Gasteiger partial charge in [0.1, 0.15) is 24.4 Å². The number of aliphatic hydroxyl groups excluding tert-OH is 5. The lowest BCUT2D eigenvalue weighted by molar-refractivity contribution is -0.302. The minimum Gasteiger partial charge on any atom is -0.394 e. The van der Waals surface area contributed by atoms with E-state index in [2.05, 4.69) is 43.5 Å². The zero-order valence-corrected chi connectivity index (χ0v) is 28.8. The third-order valence-electron chi connectivity index (χ3n) is 8.45. The maximum absolute atomic E-state index is 12.8. The van der Waals surface area contributed by atoms with Crippen molar-refractivity contribution in [2.45, 2.75) is 179 Å². The summed E-state index contributed by atoms with van der Waals surface area (Å²) in [5.74, 6) is -0.197. The lowest BCUT2D eigenvalue weighted by atomic mass is 9.99. The average Bonchev–Trinajstić information content (AvgIpc) is 3.05. The molecule has 6 N–H and O–H groups in total. The van der Waals surface area contributed by atoms with Crippen LogP contribution in [0.15, 0.2) is 36.5 Å². The fourth-order valence-corrected chi connectivity index (χ4v) is 5.41. The Balaban J connectivity index is 2.54. The molecule has 1 saturated heterocycles. The molecule has 0 aromatic carbocycles. The number of hydrogen-bond donors (Lipinski definition) is 6. The van der Waals surface area contributed by atoms with Gasteiger partial charge in [0, 0.05) is 6.42 Å². The number of nitrogens with one attached hydrogen (secondary N) is 1. The lowest BCUT2D eigenvalue weighted by Gasteiger charge is -2.40. The van der Waals surface area contributed by atoms with E-state index in [4.69, 9.17) is 9.47 Å². The summed E-state index contributed by atoms with van der Waals surface area (Å²) < 4.78 is 11.1. The van der Waals surface area contributed by atoms with Crippen LogP contribution in [0.4, 0.5) is 0 Å². The number of unbranched alkanes of at least 4 members (excludes halogenated alkanes) is 14. The molecule has 9 nitrogen and oxygen atoms in total. The molecule has 7 unspecified atom stereocenters. The van der Waals surface area contributed by atoms with Gasteiger partial charge in [-0.05, 0) is 38.5 Å². The molecule has 0 saturated carbocycles. The highest BCUT2D eigenvalue weighted by molar-refractivity contribution is 5.76. The van der Waals surface area contributed by atoms with Gasteiger partial charge in [0.15, 0.2) is 6.29 Å². The standard InChI is InChI=1S/C37H67NO8/c1-3-5-7-9-11-13-15-17-18-20-22-24-26-31(40)30(29-45-37-36(44)35(43)34(42)32(28-39)46-37)38-33(41)27-25-23-21-19-16-14-12-10-8-6-4-2/h9,11,17-18,24,26,30-32,34-37,39-40,42-44H,3-8,10,12-16,19-23,25,27-29H2,1-2H3,(H,38,41)/b11-9+,18-17+,26-24+. The number of hydrogen-bond acceptors (Lipinski definition) is 8. The molecule has 1 rings (SSSR count). The van der Waals surface area contributed by atoms with E-state index in [0.717, 1.165) is 51.4 Å². The summed E-state index contributed by atoms with van der Waals surface area (Å²) in [6.45, 7) is 3.65. The largest absolute Gasteiger partial charge is 0.394 e. The van der Waals surface area contributed by atoms with E-state index in [1.165, 1.54) is 64.2 Å². The van der Waals surface area contributed by atoms with E-state index in [-0.39, 0.29) is 12.5 Å². The van der Waals surface area contributed by atoms with E-state index < -0.39 is 49.5 Å². The molecule has 1 aliphatic rings. The monoisotopic (exact) mass is 653 g/mol. The maximum Gasteiger partial charge on any atom is 0.220 e. The molecule has 0 radical (unpaired) electrons. The Labute approximate surface area is 279 Å². The van der Waals surface area contributed by atoms with E-state index in [9.17, 15) is 30.3 Å². The fraction of sp³-hybridized carbons (Fsp3) is 0.811. The summed E-state index contributed by atoms with van der Waals surface area (Å²) in [6, 6.07) is -0.820. The highest BCUT2D eigenvalue weighted by Crippen LogP contribution is 2.22. The van der Waals surface area contributed by atoms with E-state index in [1.54, 1.807) is 6.08 Å². The summed E-state index contributed by atoms with van der Waals surface area (Å²) in [4.78, 5) is 12.8. The van der Waals surface area contributed by atoms with Gasteiger partial charge < -0.3 is 40.3 Å². The van der Waals surface area contributed by atoms with Crippen LogP contribution in [0.5, 0.6) is 0 Å². The third kappa shape index (κ3) is 19.9. The van der Waals surface area contributed by atoms with Crippen molar-refractivity contribution in [1.82, 2.24) is 5.32 Å². The molecule has 0 bridgehead atoms. The number of carbonyl (C=O) groups is 1. The lowest BCUT2D eigenvalue weighted by Crippen LogP contribution is -2.60. The molecule has 0 aliphatic carbocycles. The topological polar surface area (TPSA) is 149 Å². The molecule has 1 heterocycles. The fourth-order valence-electron chi connectivity index (χ4n) is 5.41. The molecule has 7 atom stereocenters. The Morgan fingerprint density at radius 1 is 0.717 bits per heavy atom. The summed E-state index contributed by atoms with van der Waals surface area (Å²) in [7, 11) is 0. The number of amides is 1. The van der Waals surface area contributed by atoms with Crippen molar-refractivity contribution in [1.29, 1.82) is 0 Å². The Bertz CT molecular complexity index is 817. The first kappa shape index (κ1) is 42.4. The van der Waals surface area contributed by atoms with Crippen LogP contribution in [-0.2, 0) is 14.3 Å². The number of carbonyl (C=O) groups excluding carboxylic acids is 1. The summed E-state index contributed by atoms with van der Waals surface area (Å²) in [5, 5.41) is 53.7. The van der Waals surface area contributed by atoms with Crippen LogP contribution in [0.1, 0.15) is 136 Å². The van der Waals surface area contributed by atoms with Gasteiger partial charge in [-0.2, -0.15) is 0 Å². The molecule has 0 aromatic heterocycles. The van der Waals surface area contributed by atoms with Gasteiger partial charge in [-0.1, -0.05) is 127 Å². The third-order valence-corrected chi connectivity index (χ3v) is 8.45. The molecule has 1 amide bonds. The maximum atomic E-state index is 12.8. The minimum absolute atomic E-state index is 0.197. The second-order valence-corrected chi connectivity index (χ2v) is 12.6. The van der Waals surface area contributed by atoms with Crippen molar-refractivity contribution >= 4 is 5.91 Å². The Morgan fingerprint density at radius 3 is 1.80 bits per heavy atom. The average molecular weight is 654 g/mol. The van der Waals surface area contributed by atoms with Crippen molar-refractivity contribution in [2.24, 2.45) is 0 Å². The van der Waals surface area contributed by atoms with Crippen LogP contribution in [-0.4, -0.2) is 87.5 Å². The first-order valence-electron chi connectivity index (χ1n) is 18.2. The van der Waals surface area contributed by atoms with Crippen molar-refractivity contribution in [3.63, 3.8) is 0 Å². The van der Waals surface area contributed by atoms with Gasteiger partial charge in [-0.3, -0.25) is 4.79 Å². The second kappa shape index (κ2) is 28.4. The molecular weight excluding hydrogens is 586 g/mol. The van der Waals surface area contributed by atoms with Gasteiger partial charge in [0.25, 0.3) is 0 Å². The van der Waals surface area contributed by atoms with Crippen molar-refractivity contribution in [3.05, 3.63) is 36.5 Å². The van der Waals surface area contributed by atoms with Crippen LogP contribution in [0.2, 0.25) is 0 Å². The summed E-state index contributed by atoms with van der Waals surface area (Å²) in [5.41, 5.74) is 0. The molecule has 0 aromatic rings. The van der Waals surface area contributed by atoms with Crippen molar-refractivity contribution < 1.29 is 39.8 Å². The molecule has 1 aliphatic heterocycles. The van der Waals surface area contributed by atoms with Crippen molar-refractivity contribution in [2.75, 3.05) is 13.2 Å². The zero-order chi connectivity index (χ0) is 33.8. The van der Waals surface area contributed by atoms with Crippen LogP contribution < -0.4 is 5.32 Å². The Hall–Kier alpha value is -1.59. The highest BCUT2D eigenvalue weighted by atomic mass is 16.7. The number of allylic oxidation sites excluding steroid dienone is 5. The SMILES string of the molecule is CCCC/C=C/CC/C=C/CC/C=C/C(O)C(COC1OC(CO)C(O)C(O)C1O)NC(=O)CCCCCCCCCCCCC. The number of ether oxygens (including phenoxy) is 2. The quantitative estimate of drug-likeness (QED) is 0.0461. The van der Waals surface area contributed by atoms with Crippen LogP contribution >= 0.6 is 0 Å². The smallest absolute Gasteiger partial charge is 0.220 e. The second-order valence-electron chi connectivity index (χ2n) is 12.6. The van der Waals surface area contributed by atoms with Gasteiger partial charge in [-0.25, -0.2) is 0 Å². The molecule has 46 heavy (non-hydrogen) atoms. The normalized spacial score (nSPS) is 23.5. The summed E-state index contributed by atoms with van der Waals surface area (Å²) in [6.07, 6.45) is 24.7. The minimum atomic E-state index is -1.57. The first-order valence-corrected chi connectivity index (χ1v) is 18.2. The van der Waals surface area contributed by atoms with E-state index in [0.29, 0.717) is 6.42 Å². The summed E-state index contributed by atoms with van der Waals surface area (Å²) >= 11 is 0. The van der Waals surface area contributed by atoms with E-state index >= 15 is 0 Å². The van der Waals surface area contributed by atoms with Gasteiger partial charge in [0.05, 0.1) is 25.4 Å². The van der Waals surface area contributed by atoms with Crippen LogP contribution in [0.25, 0.3) is 0 Å². The molecule has 0 spiro atoms. The Morgan fingerprint density at radius 2 is 1.24 bits per heavy atom. The molecule has 1 fully saturated rings. The number of rotatable bonds is 28. The van der Waals surface area contributed by atoms with E-state index in [1.807, 2.05) is 6.08 Å². The highest BCUT2D eigenvalue weighted by Gasteiger charge is 2.44. The number of aliphatic hydroxyl groups is 5. The predicted molar refractivity (Wildman–Crippen MR) is 184 cm³/mol. The molecule has 9 heteroatoms. The van der Waals surface area contributed by atoms with Crippen LogP contribution in [0, 0.1) is 0 Å². The molecular formula is C37H67NO8. The van der Waals surface area contributed by atoms with Gasteiger partial charge in [-0.15, -0.1) is 0 Å². The first-order chi connectivity index (χ1) is 22.3. The Kier molecular flexibility index (Phi) is 26.2.